The van der Waals surface area contributed by atoms with Gasteiger partial charge in [-0.1, -0.05) is 24.8 Å². The summed E-state index contributed by atoms with van der Waals surface area (Å²) in [5.74, 6) is 0.138. The van der Waals surface area contributed by atoms with Crippen molar-refractivity contribution in [2.45, 2.75) is 79.4 Å². The molecule has 0 radical (unpaired) electrons. The van der Waals surface area contributed by atoms with Crippen molar-refractivity contribution in [3.8, 4) is 0 Å². The van der Waals surface area contributed by atoms with Gasteiger partial charge >= 0.3 is 12.1 Å². The molecule has 3 rings (SSSR count). The third-order valence-corrected chi connectivity index (χ3v) is 7.86. The Morgan fingerprint density at radius 3 is 2.36 bits per heavy atom. The molecule has 1 aromatic heterocycles. The summed E-state index contributed by atoms with van der Waals surface area (Å²) in [4.78, 5) is 34.4. The lowest BCUT2D eigenvalue weighted by atomic mass is 9.90. The average molecular weight is 579 g/mol. The van der Waals surface area contributed by atoms with E-state index in [-0.39, 0.29) is 18.1 Å². The zero-order valence-electron chi connectivity index (χ0n) is 27.1. The van der Waals surface area contributed by atoms with Crippen molar-refractivity contribution in [3.05, 3.63) is 65.2 Å². The van der Waals surface area contributed by atoms with Crippen molar-refractivity contribution in [2.75, 3.05) is 33.3 Å². The molecule has 2 aliphatic rings. The minimum absolute atomic E-state index is 0.106. The number of carbonyl (C=O) groups is 2. The fourth-order valence-electron chi connectivity index (χ4n) is 5.61. The van der Waals surface area contributed by atoms with Crippen LogP contribution in [0.1, 0.15) is 83.9 Å². The minimum Gasteiger partial charge on any atom is -0.464 e. The zero-order chi connectivity index (χ0) is 31.2. The summed E-state index contributed by atoms with van der Waals surface area (Å²) in [6.07, 6.45) is 8.93. The second-order valence-electron chi connectivity index (χ2n) is 12.2. The molecule has 8 nitrogen and oxygen atoms in total. The number of carbonyl (C=O) groups excluding carboxylic acids is 2. The third kappa shape index (κ3) is 8.05. The summed E-state index contributed by atoms with van der Waals surface area (Å²) in [6, 6.07) is 3.80. The first-order chi connectivity index (χ1) is 19.8. The molecule has 1 aliphatic heterocycles. The van der Waals surface area contributed by atoms with Crippen LogP contribution < -0.4 is 0 Å². The van der Waals surface area contributed by atoms with Crippen LogP contribution in [0.2, 0.25) is 0 Å². The second-order valence-corrected chi connectivity index (χ2v) is 12.2. The van der Waals surface area contributed by atoms with Crippen LogP contribution in [0.5, 0.6) is 0 Å². The molecule has 2 fully saturated rings. The Labute approximate surface area is 252 Å². The molecular weight excluding hydrogens is 528 g/mol. The number of aliphatic imine (C=N–C) groups is 1. The Balaban J connectivity index is 2.00. The SMILES string of the molecule is C=C(CC(=NC/C=C\C)C(/C(=C\C)C1CC1)=C(\C)N1CCN(C(=O)OC(C)(C)C)C[C@@H]1C)c1ccc(C(=O)OC)n1C. The first kappa shape index (κ1) is 33.0. The van der Waals surface area contributed by atoms with E-state index in [1.54, 1.807) is 6.07 Å². The number of hydrogen-bond acceptors (Lipinski definition) is 6. The predicted octanol–water partition coefficient (Wildman–Crippen LogP) is 6.80. The van der Waals surface area contributed by atoms with Crippen molar-refractivity contribution in [1.29, 1.82) is 0 Å². The number of amides is 1. The van der Waals surface area contributed by atoms with Crippen LogP contribution in [-0.2, 0) is 16.5 Å². The molecular formula is C34H50N4O4. The van der Waals surface area contributed by atoms with Crippen molar-refractivity contribution in [1.82, 2.24) is 14.4 Å². The number of esters is 1. The Hall–Kier alpha value is -3.55. The van der Waals surface area contributed by atoms with E-state index in [1.165, 1.54) is 36.8 Å². The Bertz CT molecular complexity index is 1290. The topological polar surface area (TPSA) is 76.4 Å². The highest BCUT2D eigenvalue weighted by molar-refractivity contribution is 6.09. The molecule has 1 aromatic rings. The molecule has 230 valence electrons. The number of nitrogens with zero attached hydrogens (tertiary/aromatic N) is 4. The van der Waals surface area contributed by atoms with Crippen LogP contribution in [0.3, 0.4) is 0 Å². The number of allylic oxidation sites excluding steroid dienone is 6. The van der Waals surface area contributed by atoms with Gasteiger partial charge in [0.05, 0.1) is 13.7 Å². The number of hydrogen-bond donors (Lipinski definition) is 0. The Morgan fingerprint density at radius 2 is 1.81 bits per heavy atom. The van der Waals surface area contributed by atoms with E-state index >= 15 is 0 Å². The maximum absolute atomic E-state index is 12.8. The van der Waals surface area contributed by atoms with Crippen molar-refractivity contribution < 1.29 is 19.1 Å². The average Bonchev–Trinajstić information content (AvgIpc) is 3.69. The fraction of sp³-hybridized carbons (Fsp3) is 0.559. The lowest BCUT2D eigenvalue weighted by Gasteiger charge is -2.43. The fourth-order valence-corrected chi connectivity index (χ4v) is 5.61. The molecule has 0 N–H and O–H groups in total. The molecule has 2 heterocycles. The van der Waals surface area contributed by atoms with Crippen LogP contribution in [-0.4, -0.2) is 77.1 Å². The number of ether oxygens (including phenoxy) is 2. The van der Waals surface area contributed by atoms with E-state index in [2.05, 4.69) is 44.4 Å². The maximum Gasteiger partial charge on any atom is 0.410 e. The van der Waals surface area contributed by atoms with Crippen LogP contribution in [0, 0.1) is 5.92 Å². The van der Waals surface area contributed by atoms with E-state index < -0.39 is 5.60 Å². The molecule has 8 heteroatoms. The van der Waals surface area contributed by atoms with Crippen LogP contribution >= 0.6 is 0 Å². The van der Waals surface area contributed by atoms with Gasteiger partial charge in [-0.15, -0.1) is 0 Å². The standard InChI is InChI=1S/C34H50N4O4/c1-11-13-18-35-28(21-23(3)29-16-17-30(36(29)9)32(39)41-10)31(27(12-2)26-14-15-26)25(5)38-20-19-37(22-24(38)4)33(40)42-34(6,7)8/h11-13,16-17,24,26H,3,14-15,18-22H2,1-2,4-10H3/b13-11-,27-12-,31-25+,35-28?/t24-/m0/s1. The van der Waals surface area contributed by atoms with Gasteiger partial charge in [0.2, 0.25) is 0 Å². The normalized spacial score (nSPS) is 19.2. The third-order valence-electron chi connectivity index (χ3n) is 7.86. The summed E-state index contributed by atoms with van der Waals surface area (Å²) in [5, 5.41) is 0. The van der Waals surface area contributed by atoms with Gasteiger partial charge in [-0.3, -0.25) is 4.99 Å². The molecule has 0 bridgehead atoms. The largest absolute Gasteiger partial charge is 0.464 e. The quantitative estimate of drug-likeness (QED) is 0.132. The maximum atomic E-state index is 12.8. The highest BCUT2D eigenvalue weighted by atomic mass is 16.6. The number of piperazine rings is 1. The molecule has 1 amide bonds. The lowest BCUT2D eigenvalue weighted by Crippen LogP contribution is -2.54. The van der Waals surface area contributed by atoms with Gasteiger partial charge in [-0.2, -0.15) is 0 Å². The molecule has 1 aliphatic carbocycles. The summed E-state index contributed by atoms with van der Waals surface area (Å²) in [5.41, 5.74) is 6.36. The molecule has 1 saturated heterocycles. The van der Waals surface area contributed by atoms with Crippen LogP contribution in [0.4, 0.5) is 4.79 Å². The zero-order valence-corrected chi connectivity index (χ0v) is 27.1. The summed E-state index contributed by atoms with van der Waals surface area (Å²) >= 11 is 0. The van der Waals surface area contributed by atoms with E-state index in [9.17, 15) is 9.59 Å². The molecule has 0 unspecified atom stereocenters. The van der Waals surface area contributed by atoms with Gasteiger partial charge in [0.15, 0.2) is 0 Å². The first-order valence-corrected chi connectivity index (χ1v) is 15.0. The number of rotatable bonds is 10. The van der Waals surface area contributed by atoms with Gasteiger partial charge < -0.3 is 23.8 Å². The van der Waals surface area contributed by atoms with Gasteiger partial charge in [0.1, 0.15) is 11.3 Å². The molecule has 1 saturated carbocycles. The van der Waals surface area contributed by atoms with E-state index in [0.29, 0.717) is 44.2 Å². The monoisotopic (exact) mass is 578 g/mol. The van der Waals surface area contributed by atoms with E-state index in [4.69, 9.17) is 14.5 Å². The van der Waals surface area contributed by atoms with Gasteiger partial charge in [0.25, 0.3) is 0 Å². The van der Waals surface area contributed by atoms with Gasteiger partial charge in [-0.25, -0.2) is 9.59 Å². The lowest BCUT2D eigenvalue weighted by molar-refractivity contribution is 0.0101. The summed E-state index contributed by atoms with van der Waals surface area (Å²) < 4.78 is 12.4. The van der Waals surface area contributed by atoms with Crippen molar-refractivity contribution in [2.24, 2.45) is 18.0 Å². The van der Waals surface area contributed by atoms with Gasteiger partial charge in [0, 0.05) is 61.8 Å². The Kier molecular flexibility index (Phi) is 11.0. The summed E-state index contributed by atoms with van der Waals surface area (Å²) in [6.45, 7) is 21.1. The first-order valence-electron chi connectivity index (χ1n) is 15.0. The number of aromatic nitrogens is 1. The van der Waals surface area contributed by atoms with E-state index in [1.807, 2.05) is 56.4 Å². The van der Waals surface area contributed by atoms with Crippen LogP contribution in [0.15, 0.2) is 58.8 Å². The van der Waals surface area contributed by atoms with Crippen molar-refractivity contribution in [3.63, 3.8) is 0 Å². The van der Waals surface area contributed by atoms with Crippen molar-refractivity contribution >= 4 is 23.3 Å². The Morgan fingerprint density at radius 1 is 1.14 bits per heavy atom. The predicted molar refractivity (Wildman–Crippen MR) is 171 cm³/mol. The minimum atomic E-state index is -0.526. The smallest absolute Gasteiger partial charge is 0.410 e. The van der Waals surface area contributed by atoms with Gasteiger partial charge in [-0.05, 0) is 90.5 Å². The second kappa shape index (κ2) is 14.1. The number of methoxy groups -OCH3 is 1. The highest BCUT2D eigenvalue weighted by Crippen LogP contribution is 2.43. The molecule has 42 heavy (non-hydrogen) atoms. The van der Waals surface area contributed by atoms with E-state index in [0.717, 1.165) is 17.0 Å². The molecule has 0 spiro atoms. The highest BCUT2D eigenvalue weighted by Gasteiger charge is 2.35. The van der Waals surface area contributed by atoms with Crippen LogP contribution in [0.25, 0.3) is 5.57 Å². The molecule has 0 aromatic carbocycles. The summed E-state index contributed by atoms with van der Waals surface area (Å²) in [7, 11) is 3.25. The molecule has 1 atom stereocenters.